The molecular weight excluding hydrogens is 390 g/mol. The number of aromatic nitrogens is 2. The van der Waals surface area contributed by atoms with Crippen molar-refractivity contribution in [3.8, 4) is 0 Å². The number of hydrogen-bond acceptors (Lipinski definition) is 5. The van der Waals surface area contributed by atoms with Crippen molar-refractivity contribution in [3.05, 3.63) is 24.3 Å². The first-order valence-electron chi connectivity index (χ1n) is 10.3. The quantitative estimate of drug-likeness (QED) is 0.704. The lowest BCUT2D eigenvalue weighted by Gasteiger charge is -2.29. The van der Waals surface area contributed by atoms with Crippen molar-refractivity contribution in [2.24, 2.45) is 5.92 Å². The first kappa shape index (κ1) is 21.7. The number of sulfonamides is 1. The van der Waals surface area contributed by atoms with Gasteiger partial charge >= 0.3 is 0 Å². The Balaban J connectivity index is 1.74. The summed E-state index contributed by atoms with van der Waals surface area (Å²) in [6, 6.07) is 7.88. The van der Waals surface area contributed by atoms with Gasteiger partial charge in [-0.15, -0.1) is 0 Å². The predicted molar refractivity (Wildman–Crippen MR) is 115 cm³/mol. The van der Waals surface area contributed by atoms with Crippen LogP contribution in [-0.2, 0) is 21.4 Å². The van der Waals surface area contributed by atoms with Crippen LogP contribution in [0.1, 0.15) is 26.7 Å². The number of anilines is 1. The Morgan fingerprint density at radius 3 is 2.48 bits per heavy atom. The summed E-state index contributed by atoms with van der Waals surface area (Å²) in [7, 11) is -3.20. The van der Waals surface area contributed by atoms with Gasteiger partial charge in [-0.2, -0.15) is 0 Å². The fourth-order valence-electron chi connectivity index (χ4n) is 3.84. The molecule has 0 spiro atoms. The highest BCUT2D eigenvalue weighted by Gasteiger charge is 2.29. The van der Waals surface area contributed by atoms with Crippen LogP contribution in [0.15, 0.2) is 24.3 Å². The van der Waals surface area contributed by atoms with E-state index in [2.05, 4.69) is 33.6 Å². The fraction of sp³-hybridized carbons (Fsp3) is 0.600. The molecule has 160 valence electrons. The molecule has 3 rings (SSSR count). The van der Waals surface area contributed by atoms with Crippen LogP contribution in [0.5, 0.6) is 0 Å². The molecule has 0 radical (unpaired) electrons. The van der Waals surface area contributed by atoms with Gasteiger partial charge in [0, 0.05) is 32.1 Å². The van der Waals surface area contributed by atoms with Gasteiger partial charge in [-0.25, -0.2) is 17.7 Å². The van der Waals surface area contributed by atoms with Gasteiger partial charge in [-0.3, -0.25) is 10.1 Å². The summed E-state index contributed by atoms with van der Waals surface area (Å²) in [6.45, 7) is 8.62. The van der Waals surface area contributed by atoms with E-state index in [1.165, 1.54) is 10.6 Å². The monoisotopic (exact) mass is 421 g/mol. The lowest BCUT2D eigenvalue weighted by atomic mass is 9.97. The number of imidazole rings is 1. The number of hydrogen-bond donors (Lipinski definition) is 1. The molecule has 0 saturated carbocycles. The number of nitrogens with one attached hydrogen (secondary N) is 1. The van der Waals surface area contributed by atoms with Gasteiger partial charge in [0.2, 0.25) is 21.9 Å². The summed E-state index contributed by atoms with van der Waals surface area (Å²) in [5, 5.41) is 3.01. The molecule has 0 aliphatic carbocycles. The number of carbonyl (C=O) groups is 1. The SMILES string of the molecule is CCN(CC)CCn1c(NC(=O)C2CCN(S(C)(=O)=O)CC2)nc2ccccc21. The second-order valence-corrected chi connectivity index (χ2v) is 9.51. The van der Waals surface area contributed by atoms with E-state index < -0.39 is 10.0 Å². The van der Waals surface area contributed by atoms with E-state index in [9.17, 15) is 13.2 Å². The highest BCUT2D eigenvalue weighted by atomic mass is 32.2. The standard InChI is InChI=1S/C20H31N5O3S/c1-4-23(5-2)14-15-25-18-9-7-6-8-17(18)21-20(25)22-19(26)16-10-12-24(13-11-16)29(3,27)28/h6-9,16H,4-5,10-15H2,1-3H3,(H,21,22,26). The summed E-state index contributed by atoms with van der Waals surface area (Å²) in [4.78, 5) is 19.8. The topological polar surface area (TPSA) is 87.5 Å². The summed E-state index contributed by atoms with van der Waals surface area (Å²) >= 11 is 0. The Bertz CT molecular complexity index is 944. The summed E-state index contributed by atoms with van der Waals surface area (Å²) in [6.07, 6.45) is 2.27. The van der Waals surface area contributed by atoms with E-state index in [0.717, 1.165) is 37.2 Å². The number of rotatable bonds is 8. The summed E-state index contributed by atoms with van der Waals surface area (Å²) in [5.74, 6) is 0.274. The van der Waals surface area contributed by atoms with E-state index in [1.807, 2.05) is 24.3 Å². The van der Waals surface area contributed by atoms with E-state index in [4.69, 9.17) is 0 Å². The number of piperidine rings is 1. The van der Waals surface area contributed by atoms with Crippen LogP contribution >= 0.6 is 0 Å². The molecule has 1 amide bonds. The lowest BCUT2D eigenvalue weighted by molar-refractivity contribution is -0.121. The van der Waals surface area contributed by atoms with E-state index in [-0.39, 0.29) is 11.8 Å². The zero-order chi connectivity index (χ0) is 21.0. The van der Waals surface area contributed by atoms with Crippen molar-refractivity contribution in [3.63, 3.8) is 0 Å². The predicted octanol–water partition coefficient (Wildman–Crippen LogP) is 1.99. The largest absolute Gasteiger partial charge is 0.309 e. The Morgan fingerprint density at radius 2 is 1.86 bits per heavy atom. The van der Waals surface area contributed by atoms with Gasteiger partial charge in [0.15, 0.2) is 0 Å². The molecule has 8 nitrogen and oxygen atoms in total. The number of nitrogens with zero attached hydrogens (tertiary/aromatic N) is 4. The molecule has 29 heavy (non-hydrogen) atoms. The number of benzene rings is 1. The molecule has 2 heterocycles. The molecule has 1 aliphatic heterocycles. The average Bonchev–Trinajstić information content (AvgIpc) is 3.05. The molecular formula is C20H31N5O3S. The zero-order valence-corrected chi connectivity index (χ0v) is 18.3. The van der Waals surface area contributed by atoms with Crippen LogP contribution < -0.4 is 5.32 Å². The maximum atomic E-state index is 12.9. The van der Waals surface area contributed by atoms with Crippen LogP contribution in [0.2, 0.25) is 0 Å². The summed E-state index contributed by atoms with van der Waals surface area (Å²) in [5.41, 5.74) is 1.86. The van der Waals surface area contributed by atoms with E-state index >= 15 is 0 Å². The number of amides is 1. The van der Waals surface area contributed by atoms with Crippen molar-refractivity contribution in [2.75, 3.05) is 44.3 Å². The molecule has 1 N–H and O–H groups in total. The molecule has 0 unspecified atom stereocenters. The van der Waals surface area contributed by atoms with Gasteiger partial charge in [-0.1, -0.05) is 26.0 Å². The number of carbonyl (C=O) groups excluding carboxylic acids is 1. The molecule has 1 aliphatic rings. The fourth-order valence-corrected chi connectivity index (χ4v) is 4.71. The van der Waals surface area contributed by atoms with Gasteiger partial charge in [0.25, 0.3) is 0 Å². The third kappa shape index (κ3) is 5.15. The van der Waals surface area contributed by atoms with Gasteiger partial charge in [0.1, 0.15) is 0 Å². The lowest BCUT2D eigenvalue weighted by Crippen LogP contribution is -2.41. The molecule has 0 atom stereocenters. The Morgan fingerprint density at radius 1 is 1.21 bits per heavy atom. The third-order valence-electron chi connectivity index (χ3n) is 5.72. The molecule has 1 fully saturated rings. The number of fused-ring (bicyclic) bond motifs is 1. The second-order valence-electron chi connectivity index (χ2n) is 7.53. The van der Waals surface area contributed by atoms with Crippen molar-refractivity contribution in [1.29, 1.82) is 0 Å². The minimum Gasteiger partial charge on any atom is -0.309 e. The zero-order valence-electron chi connectivity index (χ0n) is 17.5. The van der Waals surface area contributed by atoms with Gasteiger partial charge < -0.3 is 9.47 Å². The average molecular weight is 422 g/mol. The first-order chi connectivity index (χ1) is 13.8. The molecule has 1 saturated heterocycles. The third-order valence-corrected chi connectivity index (χ3v) is 7.02. The van der Waals surface area contributed by atoms with E-state index in [1.54, 1.807) is 0 Å². The Kier molecular flexibility index (Phi) is 6.92. The van der Waals surface area contributed by atoms with Crippen molar-refractivity contribution >= 4 is 32.9 Å². The molecule has 1 aromatic heterocycles. The minimum atomic E-state index is -3.20. The van der Waals surface area contributed by atoms with Crippen LogP contribution in [0.25, 0.3) is 11.0 Å². The van der Waals surface area contributed by atoms with Crippen molar-refractivity contribution in [2.45, 2.75) is 33.2 Å². The van der Waals surface area contributed by atoms with Crippen molar-refractivity contribution < 1.29 is 13.2 Å². The second kappa shape index (κ2) is 9.23. The molecule has 2 aromatic rings. The van der Waals surface area contributed by atoms with Crippen LogP contribution in [0.4, 0.5) is 5.95 Å². The summed E-state index contributed by atoms with van der Waals surface area (Å²) < 4.78 is 26.9. The van der Waals surface area contributed by atoms with Crippen LogP contribution in [0, 0.1) is 5.92 Å². The van der Waals surface area contributed by atoms with E-state index in [0.29, 0.717) is 31.9 Å². The normalized spacial score (nSPS) is 16.6. The molecule has 9 heteroatoms. The molecule has 0 bridgehead atoms. The number of para-hydroxylation sites is 2. The van der Waals surface area contributed by atoms with Gasteiger partial charge in [-0.05, 0) is 38.1 Å². The van der Waals surface area contributed by atoms with Gasteiger partial charge in [0.05, 0.1) is 17.3 Å². The first-order valence-corrected chi connectivity index (χ1v) is 12.1. The highest BCUT2D eigenvalue weighted by Crippen LogP contribution is 2.23. The Hall–Kier alpha value is -1.97. The molecule has 1 aromatic carbocycles. The maximum Gasteiger partial charge on any atom is 0.229 e. The van der Waals surface area contributed by atoms with Crippen molar-refractivity contribution in [1.82, 2.24) is 18.8 Å². The van der Waals surface area contributed by atoms with Crippen LogP contribution in [0.3, 0.4) is 0 Å². The Labute approximate surface area is 172 Å². The maximum absolute atomic E-state index is 12.9. The highest BCUT2D eigenvalue weighted by molar-refractivity contribution is 7.88. The minimum absolute atomic E-state index is 0.0856. The van der Waals surface area contributed by atoms with Crippen LogP contribution in [-0.4, -0.2) is 72.1 Å². The smallest absolute Gasteiger partial charge is 0.229 e. The number of likely N-dealkylation sites (N-methyl/N-ethyl adjacent to an activating group) is 1.